The van der Waals surface area contributed by atoms with Crippen molar-refractivity contribution in [2.24, 2.45) is 0 Å². The van der Waals surface area contributed by atoms with Crippen LogP contribution in [0.3, 0.4) is 0 Å². The fraction of sp³-hybridized carbons (Fsp3) is 0.375. The van der Waals surface area contributed by atoms with Crippen LogP contribution in [0.1, 0.15) is 18.9 Å². The molecule has 1 fully saturated rings. The van der Waals surface area contributed by atoms with Gasteiger partial charge < -0.3 is 14.9 Å². The summed E-state index contributed by atoms with van der Waals surface area (Å²) in [7, 11) is 0. The Kier molecular flexibility index (Phi) is 3.52. The van der Waals surface area contributed by atoms with Crippen LogP contribution in [0.25, 0.3) is 22.1 Å². The summed E-state index contributed by atoms with van der Waals surface area (Å²) in [6.07, 6.45) is 6.54. The molecular weight excluding hydrogens is 350 g/mol. The maximum absolute atomic E-state index is 12.7. The lowest BCUT2D eigenvalue weighted by Gasteiger charge is -2.33. The number of piperidine rings is 1. The first-order valence-electron chi connectivity index (χ1n) is 8.75. The number of aromatic amines is 2. The fourth-order valence-corrected chi connectivity index (χ4v) is 3.85. The number of pyridine rings is 1. The fourth-order valence-electron chi connectivity index (χ4n) is 3.85. The number of amides is 1. The number of carbonyl (C=O) groups excluding carboxylic acids is 1. The predicted molar refractivity (Wildman–Crippen MR) is 94.9 cm³/mol. The molecule has 0 aliphatic carbocycles. The van der Waals surface area contributed by atoms with Gasteiger partial charge in [-0.1, -0.05) is 0 Å². The van der Waals surface area contributed by atoms with Crippen molar-refractivity contribution >= 4 is 28.0 Å². The van der Waals surface area contributed by atoms with Gasteiger partial charge in [-0.15, -0.1) is 5.10 Å². The number of hydrogen-bond donors (Lipinski definition) is 2. The number of nitrogens with zero attached hydrogens (tertiary/aromatic N) is 7. The Morgan fingerprint density at radius 2 is 2.30 bits per heavy atom. The van der Waals surface area contributed by atoms with Crippen LogP contribution in [0.5, 0.6) is 0 Å². The maximum atomic E-state index is 12.7. The molecule has 0 bridgehead atoms. The molecule has 11 nitrogen and oxygen atoms in total. The second-order valence-corrected chi connectivity index (χ2v) is 6.70. The Balaban J connectivity index is 1.49. The number of hydrogen-bond acceptors (Lipinski definition) is 6. The number of rotatable bonds is 3. The molecule has 4 aromatic rings. The molecule has 5 heterocycles. The highest BCUT2D eigenvalue weighted by molar-refractivity contribution is 6.00. The van der Waals surface area contributed by atoms with E-state index in [4.69, 9.17) is 0 Å². The summed E-state index contributed by atoms with van der Waals surface area (Å²) in [6, 6.07) is 1.82. The number of nitrogens with one attached hydrogen (secondary N) is 2. The van der Waals surface area contributed by atoms with Crippen molar-refractivity contribution in [2.75, 3.05) is 13.1 Å². The molecule has 1 aliphatic rings. The molecular formula is C16H17N9O2. The minimum absolute atomic E-state index is 0.0617. The van der Waals surface area contributed by atoms with Gasteiger partial charge in [0.15, 0.2) is 0 Å². The van der Waals surface area contributed by atoms with Crippen LogP contribution in [-0.2, 0) is 11.3 Å². The summed E-state index contributed by atoms with van der Waals surface area (Å²) in [6.45, 7) is 1.23. The number of aromatic nitrogens is 8. The molecule has 11 heteroatoms. The minimum atomic E-state index is -0.180. The summed E-state index contributed by atoms with van der Waals surface area (Å²) in [4.78, 5) is 37.3. The highest BCUT2D eigenvalue weighted by Crippen LogP contribution is 2.27. The van der Waals surface area contributed by atoms with E-state index in [1.807, 2.05) is 12.3 Å². The van der Waals surface area contributed by atoms with E-state index in [1.54, 1.807) is 15.7 Å². The first kappa shape index (κ1) is 15.7. The molecule has 1 saturated heterocycles. The van der Waals surface area contributed by atoms with Crippen LogP contribution in [0.2, 0.25) is 0 Å². The smallest absolute Gasteiger partial charge is 0.326 e. The highest BCUT2D eigenvalue weighted by Gasteiger charge is 2.28. The van der Waals surface area contributed by atoms with Crippen molar-refractivity contribution in [3.63, 3.8) is 0 Å². The molecule has 0 spiro atoms. The largest absolute Gasteiger partial charge is 0.346 e. The van der Waals surface area contributed by atoms with Crippen LogP contribution < -0.4 is 5.69 Å². The van der Waals surface area contributed by atoms with Gasteiger partial charge >= 0.3 is 5.69 Å². The zero-order valence-corrected chi connectivity index (χ0v) is 14.4. The molecule has 4 aromatic heterocycles. The predicted octanol–water partition coefficient (Wildman–Crippen LogP) is 0.0561. The quantitative estimate of drug-likeness (QED) is 0.526. The van der Waals surface area contributed by atoms with Crippen molar-refractivity contribution in [1.82, 2.24) is 44.6 Å². The molecule has 2 N–H and O–H groups in total. The van der Waals surface area contributed by atoms with Crippen molar-refractivity contribution < 1.29 is 4.79 Å². The molecule has 27 heavy (non-hydrogen) atoms. The van der Waals surface area contributed by atoms with E-state index in [0.717, 1.165) is 29.4 Å². The Hall–Kier alpha value is -3.50. The number of H-pyrrole nitrogens is 2. The van der Waals surface area contributed by atoms with Crippen molar-refractivity contribution in [2.45, 2.75) is 25.4 Å². The van der Waals surface area contributed by atoms with Gasteiger partial charge in [0.2, 0.25) is 5.91 Å². The Morgan fingerprint density at radius 3 is 3.15 bits per heavy atom. The Labute approximate surface area is 152 Å². The number of likely N-dealkylation sites (tertiary alicyclic amines) is 1. The van der Waals surface area contributed by atoms with Crippen LogP contribution in [0.15, 0.2) is 29.6 Å². The van der Waals surface area contributed by atoms with E-state index in [1.165, 1.54) is 11.0 Å². The zero-order valence-electron chi connectivity index (χ0n) is 14.4. The number of imidazole rings is 1. The lowest BCUT2D eigenvalue weighted by Crippen LogP contribution is -2.43. The maximum Gasteiger partial charge on any atom is 0.326 e. The SMILES string of the molecule is O=C(Cn1cnnn1)N1CCC[C@@H](n2c(=O)[nH]c3cnc4[nH]ccc4c32)C1. The van der Waals surface area contributed by atoms with Gasteiger partial charge in [0.05, 0.1) is 23.3 Å². The number of fused-ring (bicyclic) bond motifs is 3. The van der Waals surface area contributed by atoms with Gasteiger partial charge in [0.25, 0.3) is 0 Å². The van der Waals surface area contributed by atoms with E-state index in [9.17, 15) is 9.59 Å². The van der Waals surface area contributed by atoms with Gasteiger partial charge in [-0.25, -0.2) is 14.5 Å². The minimum Gasteiger partial charge on any atom is -0.346 e. The van der Waals surface area contributed by atoms with Crippen LogP contribution in [0.4, 0.5) is 0 Å². The normalized spacial score (nSPS) is 17.8. The second-order valence-electron chi connectivity index (χ2n) is 6.70. The standard InChI is InChI=1S/C16H17N9O2/c26-13(8-24-9-19-21-22-24)23-5-1-2-10(7-23)25-14-11-3-4-17-15(11)18-6-12(14)20-16(25)27/h3-4,6,9-10H,1-2,5,7-8H2,(H,17,18)(H,20,27)/t10-/m1/s1. The average molecular weight is 367 g/mol. The molecule has 0 aromatic carbocycles. The van der Waals surface area contributed by atoms with Gasteiger partial charge in [-0.3, -0.25) is 9.36 Å². The van der Waals surface area contributed by atoms with Crippen molar-refractivity contribution in [3.8, 4) is 0 Å². The number of carbonyl (C=O) groups is 1. The van der Waals surface area contributed by atoms with Gasteiger partial charge in [0, 0.05) is 24.7 Å². The zero-order chi connectivity index (χ0) is 18.4. The lowest BCUT2D eigenvalue weighted by molar-refractivity contribution is -0.133. The first-order valence-corrected chi connectivity index (χ1v) is 8.75. The molecule has 1 aliphatic heterocycles. The van der Waals surface area contributed by atoms with Crippen LogP contribution >= 0.6 is 0 Å². The molecule has 0 saturated carbocycles. The molecule has 1 amide bonds. The third-order valence-electron chi connectivity index (χ3n) is 5.06. The highest BCUT2D eigenvalue weighted by atomic mass is 16.2. The monoisotopic (exact) mass is 367 g/mol. The Morgan fingerprint density at radius 1 is 1.37 bits per heavy atom. The average Bonchev–Trinajstić information content (AvgIpc) is 3.40. The van der Waals surface area contributed by atoms with E-state index < -0.39 is 0 Å². The molecule has 1 atom stereocenters. The van der Waals surface area contributed by atoms with Crippen molar-refractivity contribution in [1.29, 1.82) is 0 Å². The van der Waals surface area contributed by atoms with E-state index in [2.05, 4.69) is 30.5 Å². The molecule has 5 rings (SSSR count). The lowest BCUT2D eigenvalue weighted by atomic mass is 10.0. The summed E-state index contributed by atoms with van der Waals surface area (Å²) in [5.74, 6) is -0.0617. The summed E-state index contributed by atoms with van der Waals surface area (Å²) in [5.41, 5.74) is 2.08. The van der Waals surface area contributed by atoms with Crippen molar-refractivity contribution in [3.05, 3.63) is 35.3 Å². The molecule has 0 unspecified atom stereocenters. The topological polar surface area (TPSA) is 130 Å². The van der Waals surface area contributed by atoms with Gasteiger partial charge in [0.1, 0.15) is 18.5 Å². The summed E-state index contributed by atoms with van der Waals surface area (Å²) < 4.78 is 3.17. The van der Waals surface area contributed by atoms with E-state index in [0.29, 0.717) is 18.6 Å². The summed E-state index contributed by atoms with van der Waals surface area (Å²) >= 11 is 0. The second kappa shape index (κ2) is 6.04. The molecule has 138 valence electrons. The van der Waals surface area contributed by atoms with E-state index in [-0.39, 0.29) is 24.2 Å². The Bertz CT molecular complexity index is 1170. The van der Waals surface area contributed by atoms with Gasteiger partial charge in [-0.2, -0.15) is 0 Å². The third kappa shape index (κ3) is 2.58. The van der Waals surface area contributed by atoms with Gasteiger partial charge in [-0.05, 0) is 29.3 Å². The van der Waals surface area contributed by atoms with Crippen LogP contribution in [0, 0.1) is 0 Å². The third-order valence-corrected chi connectivity index (χ3v) is 5.06. The molecule has 0 radical (unpaired) electrons. The van der Waals surface area contributed by atoms with E-state index >= 15 is 0 Å². The summed E-state index contributed by atoms with van der Waals surface area (Å²) in [5, 5.41) is 11.7. The number of tetrazole rings is 1. The van der Waals surface area contributed by atoms with Crippen LogP contribution in [-0.4, -0.2) is 63.6 Å². The first-order chi connectivity index (χ1) is 13.2.